The summed E-state index contributed by atoms with van der Waals surface area (Å²) in [4.78, 5) is 23.4. The number of nitro benzene ring substituents is 1. The standard InChI is InChI=1S/C19H17N5O4/c1-3-22-18(25)13-7-4-5-8-15(13)23-17(20-21-19(22)23)11-28-16-10-6-9-14(12(16)2)24(26)27/h4-10H,3,11H2,1-2H3. The lowest BCUT2D eigenvalue weighted by Crippen LogP contribution is -2.22. The van der Waals surface area contributed by atoms with Crippen molar-refractivity contribution in [2.45, 2.75) is 27.0 Å². The van der Waals surface area contributed by atoms with Crippen LogP contribution in [-0.2, 0) is 13.2 Å². The Morgan fingerprint density at radius 1 is 1.14 bits per heavy atom. The SMILES string of the molecule is CCn1c(=O)c2ccccc2n2c(COc3cccc([N+](=O)[O-])c3C)nnc12. The molecule has 0 aliphatic heterocycles. The van der Waals surface area contributed by atoms with Gasteiger partial charge in [0.2, 0.25) is 5.78 Å². The Morgan fingerprint density at radius 2 is 1.93 bits per heavy atom. The van der Waals surface area contributed by atoms with Crippen LogP contribution in [0.2, 0.25) is 0 Å². The van der Waals surface area contributed by atoms with Gasteiger partial charge in [0.05, 0.1) is 21.4 Å². The van der Waals surface area contributed by atoms with Gasteiger partial charge in [-0.15, -0.1) is 10.2 Å². The van der Waals surface area contributed by atoms with Crippen molar-refractivity contribution in [3.05, 3.63) is 74.3 Å². The van der Waals surface area contributed by atoms with Gasteiger partial charge >= 0.3 is 0 Å². The quantitative estimate of drug-likeness (QED) is 0.390. The number of aryl methyl sites for hydroxylation is 1. The van der Waals surface area contributed by atoms with Crippen molar-refractivity contribution in [1.82, 2.24) is 19.2 Å². The molecule has 2 aromatic heterocycles. The van der Waals surface area contributed by atoms with Gasteiger partial charge < -0.3 is 4.74 Å². The van der Waals surface area contributed by atoms with E-state index in [0.717, 1.165) is 0 Å². The predicted octanol–water partition coefficient (Wildman–Crippen LogP) is 2.86. The van der Waals surface area contributed by atoms with E-state index in [1.165, 1.54) is 6.07 Å². The highest BCUT2D eigenvalue weighted by Gasteiger charge is 2.18. The highest BCUT2D eigenvalue weighted by molar-refractivity contribution is 5.80. The number of nitro groups is 1. The zero-order chi connectivity index (χ0) is 19.8. The normalized spacial score (nSPS) is 11.2. The van der Waals surface area contributed by atoms with Gasteiger partial charge in [0, 0.05) is 12.6 Å². The van der Waals surface area contributed by atoms with Crippen molar-refractivity contribution in [1.29, 1.82) is 0 Å². The lowest BCUT2D eigenvalue weighted by atomic mass is 10.2. The van der Waals surface area contributed by atoms with Gasteiger partial charge in [-0.1, -0.05) is 18.2 Å². The first-order valence-corrected chi connectivity index (χ1v) is 8.75. The van der Waals surface area contributed by atoms with Crippen LogP contribution in [0.25, 0.3) is 16.7 Å². The molecule has 2 aromatic carbocycles. The van der Waals surface area contributed by atoms with Crippen LogP contribution < -0.4 is 10.3 Å². The first kappa shape index (κ1) is 17.7. The third-order valence-electron chi connectivity index (χ3n) is 4.70. The summed E-state index contributed by atoms with van der Waals surface area (Å²) in [6, 6.07) is 11.9. The molecule has 4 rings (SSSR count). The van der Waals surface area contributed by atoms with Crippen molar-refractivity contribution >= 4 is 22.4 Å². The van der Waals surface area contributed by atoms with Crippen LogP contribution in [0.5, 0.6) is 5.75 Å². The van der Waals surface area contributed by atoms with E-state index in [1.807, 2.05) is 25.1 Å². The van der Waals surface area contributed by atoms with Crippen molar-refractivity contribution < 1.29 is 9.66 Å². The zero-order valence-electron chi connectivity index (χ0n) is 15.3. The number of ether oxygens (including phenoxy) is 1. The average Bonchev–Trinajstić information content (AvgIpc) is 3.11. The fourth-order valence-electron chi connectivity index (χ4n) is 3.29. The van der Waals surface area contributed by atoms with Crippen molar-refractivity contribution in [2.75, 3.05) is 0 Å². The summed E-state index contributed by atoms with van der Waals surface area (Å²) < 4.78 is 9.16. The molecule has 0 spiro atoms. The first-order valence-electron chi connectivity index (χ1n) is 8.75. The van der Waals surface area contributed by atoms with Crippen molar-refractivity contribution in [3.8, 4) is 5.75 Å². The number of aromatic nitrogens is 4. The highest BCUT2D eigenvalue weighted by atomic mass is 16.6. The largest absolute Gasteiger partial charge is 0.485 e. The molecule has 0 saturated carbocycles. The van der Waals surface area contributed by atoms with Crippen LogP contribution >= 0.6 is 0 Å². The van der Waals surface area contributed by atoms with E-state index in [0.29, 0.717) is 40.4 Å². The van der Waals surface area contributed by atoms with Gasteiger partial charge in [-0.2, -0.15) is 0 Å². The van der Waals surface area contributed by atoms with Crippen LogP contribution in [0.4, 0.5) is 5.69 Å². The number of hydrogen-bond donors (Lipinski definition) is 0. The number of rotatable bonds is 5. The number of hydrogen-bond acceptors (Lipinski definition) is 6. The minimum atomic E-state index is -0.442. The van der Waals surface area contributed by atoms with Crippen molar-refractivity contribution in [3.63, 3.8) is 0 Å². The summed E-state index contributed by atoms with van der Waals surface area (Å²) in [5.41, 5.74) is 0.997. The molecule has 2 heterocycles. The Kier molecular flexibility index (Phi) is 4.26. The molecule has 0 amide bonds. The second-order valence-electron chi connectivity index (χ2n) is 6.26. The van der Waals surface area contributed by atoms with E-state index in [1.54, 1.807) is 34.1 Å². The van der Waals surface area contributed by atoms with E-state index < -0.39 is 4.92 Å². The second kappa shape index (κ2) is 6.76. The Hall–Kier alpha value is -3.75. The highest BCUT2D eigenvalue weighted by Crippen LogP contribution is 2.27. The molecule has 0 radical (unpaired) electrons. The van der Waals surface area contributed by atoms with Crippen LogP contribution in [0.3, 0.4) is 0 Å². The number of para-hydroxylation sites is 1. The van der Waals surface area contributed by atoms with Crippen LogP contribution in [0.15, 0.2) is 47.3 Å². The molecule has 0 atom stereocenters. The predicted molar refractivity (Wildman–Crippen MR) is 103 cm³/mol. The van der Waals surface area contributed by atoms with E-state index in [4.69, 9.17) is 4.74 Å². The molecular formula is C19H17N5O4. The van der Waals surface area contributed by atoms with E-state index >= 15 is 0 Å². The molecule has 0 bridgehead atoms. The number of benzene rings is 2. The maximum atomic E-state index is 12.7. The molecule has 0 aliphatic carbocycles. The molecule has 9 heteroatoms. The topological polar surface area (TPSA) is 105 Å². The summed E-state index contributed by atoms with van der Waals surface area (Å²) in [6.07, 6.45) is 0. The molecule has 142 valence electrons. The lowest BCUT2D eigenvalue weighted by Gasteiger charge is -2.11. The zero-order valence-corrected chi connectivity index (χ0v) is 15.3. The first-order chi connectivity index (χ1) is 13.5. The smallest absolute Gasteiger partial charge is 0.276 e. The molecule has 9 nitrogen and oxygen atoms in total. The van der Waals surface area contributed by atoms with Gasteiger partial charge in [-0.3, -0.25) is 23.9 Å². The third kappa shape index (κ3) is 2.68. The molecule has 0 aliphatic rings. The van der Waals surface area contributed by atoms with E-state index in [-0.39, 0.29) is 17.9 Å². The molecule has 4 aromatic rings. The van der Waals surface area contributed by atoms with Gasteiger partial charge in [0.1, 0.15) is 12.4 Å². The van der Waals surface area contributed by atoms with E-state index in [9.17, 15) is 14.9 Å². The maximum absolute atomic E-state index is 12.7. The van der Waals surface area contributed by atoms with Gasteiger partial charge in [-0.05, 0) is 32.0 Å². The van der Waals surface area contributed by atoms with Crippen LogP contribution in [-0.4, -0.2) is 24.1 Å². The molecule has 0 fully saturated rings. The summed E-state index contributed by atoms with van der Waals surface area (Å²) in [5.74, 6) is 1.33. The Labute approximate surface area is 159 Å². The summed E-state index contributed by atoms with van der Waals surface area (Å²) in [7, 11) is 0. The molecule has 0 saturated heterocycles. The second-order valence-corrected chi connectivity index (χ2v) is 6.26. The summed E-state index contributed by atoms with van der Waals surface area (Å²) in [6.45, 7) is 4.01. The Bertz CT molecular complexity index is 1270. The molecule has 0 unspecified atom stereocenters. The van der Waals surface area contributed by atoms with Gasteiger partial charge in [-0.25, -0.2) is 0 Å². The minimum absolute atomic E-state index is 0.00567. The summed E-state index contributed by atoms with van der Waals surface area (Å²) in [5, 5.41) is 20.0. The summed E-state index contributed by atoms with van der Waals surface area (Å²) >= 11 is 0. The monoisotopic (exact) mass is 379 g/mol. The fourth-order valence-corrected chi connectivity index (χ4v) is 3.29. The lowest BCUT2D eigenvalue weighted by molar-refractivity contribution is -0.385. The third-order valence-corrected chi connectivity index (χ3v) is 4.70. The fraction of sp³-hybridized carbons (Fsp3) is 0.211. The van der Waals surface area contributed by atoms with Gasteiger partial charge in [0.25, 0.3) is 11.2 Å². The average molecular weight is 379 g/mol. The molecule has 28 heavy (non-hydrogen) atoms. The molecule has 0 N–H and O–H groups in total. The van der Waals surface area contributed by atoms with E-state index in [2.05, 4.69) is 10.2 Å². The van der Waals surface area contributed by atoms with Crippen LogP contribution in [0, 0.1) is 17.0 Å². The minimum Gasteiger partial charge on any atom is -0.485 e. The number of fused-ring (bicyclic) bond motifs is 3. The molecular weight excluding hydrogens is 362 g/mol. The Morgan fingerprint density at radius 3 is 2.68 bits per heavy atom. The van der Waals surface area contributed by atoms with Crippen molar-refractivity contribution in [2.24, 2.45) is 0 Å². The Balaban J connectivity index is 1.81. The van der Waals surface area contributed by atoms with Crippen LogP contribution in [0.1, 0.15) is 18.3 Å². The maximum Gasteiger partial charge on any atom is 0.276 e. The number of nitrogens with zero attached hydrogens (tertiary/aromatic N) is 5. The van der Waals surface area contributed by atoms with Gasteiger partial charge in [0.15, 0.2) is 5.82 Å².